The van der Waals surface area contributed by atoms with Gasteiger partial charge in [0, 0.05) is 237 Å². The Morgan fingerprint density at radius 2 is 0.455 bits per heavy atom. The van der Waals surface area contributed by atoms with Gasteiger partial charge in [-0.2, -0.15) is 0 Å². The zero-order valence-electron chi connectivity index (χ0n) is 5.53. The first-order valence-electron chi connectivity index (χ1n) is 0. The van der Waals surface area contributed by atoms with Crippen LogP contribution in [0.1, 0.15) is 0 Å². The van der Waals surface area contributed by atoms with Crippen LogP contribution in [-0.4, -0.2) is 0 Å². The third-order valence-electron chi connectivity index (χ3n) is 0. The molecule has 0 atom stereocenters. The Balaban J connectivity index is 0. The average Bonchev–Trinajstić information content (AvgIpc) is 0. The van der Waals surface area contributed by atoms with Gasteiger partial charge in [0.05, 0.1) is 0 Å². The number of hydrogen-bond acceptors (Lipinski definition) is 0. The van der Waals surface area contributed by atoms with E-state index in [1.807, 2.05) is 0 Å². The third-order valence-corrected chi connectivity index (χ3v) is 0. The minimum absolute atomic E-state index is 0. The molecule has 0 amide bonds. The zero-order valence-corrected chi connectivity index (χ0v) is 32.9. The van der Waals surface area contributed by atoms with E-state index in [1.165, 1.54) is 0 Å². The van der Waals surface area contributed by atoms with Gasteiger partial charge in [-0.25, -0.2) is 0 Å². The first kappa shape index (κ1) is 82.1. The molecule has 0 unspecified atom stereocenters. The van der Waals surface area contributed by atoms with Gasteiger partial charge in [0.25, 0.3) is 0 Å². The summed E-state index contributed by atoms with van der Waals surface area (Å²) in [7, 11) is 0. The van der Waals surface area contributed by atoms with Crippen LogP contribution in [0.4, 0.5) is 0 Å². The summed E-state index contributed by atoms with van der Waals surface area (Å²) in [6.07, 6.45) is 0. The molecule has 0 aromatic heterocycles. The minimum Gasteiger partial charge on any atom is -2.00 e. The minimum atomic E-state index is 0. The average molecular weight is 1180 g/mol. The largest absolute Gasteiger partial charge is 3.00 e. The summed E-state index contributed by atoms with van der Waals surface area (Å²) in [6.45, 7) is 0. The summed E-state index contributed by atoms with van der Waals surface area (Å²) in [5.74, 6) is 0. The van der Waals surface area contributed by atoms with Crippen molar-refractivity contribution in [3.63, 3.8) is 0 Å². The Morgan fingerprint density at radius 3 is 0.455 bits per heavy atom. The Morgan fingerprint density at radius 1 is 0.455 bits per heavy atom. The first-order valence-corrected chi connectivity index (χ1v) is 0. The zero-order chi connectivity index (χ0) is 0. The van der Waals surface area contributed by atoms with Crippen molar-refractivity contribution in [1.82, 2.24) is 0 Å². The SMILES string of the molecule is [Ce].[Ce].[La].[La].[Nd+3].[Nd+3].[O-2].[O-2].[O-2].[Pr].[Pr]. The van der Waals surface area contributed by atoms with Crippen LogP contribution in [0.15, 0.2) is 0 Å². The summed E-state index contributed by atoms with van der Waals surface area (Å²) >= 11 is 0. The molecule has 3 nitrogen and oxygen atoms in total. The van der Waals surface area contributed by atoms with E-state index in [0.717, 1.165) is 0 Å². The third kappa shape index (κ3) is 63.7. The maximum absolute atomic E-state index is 0. The Labute approximate surface area is 323 Å². The van der Waals surface area contributed by atoms with Crippen molar-refractivity contribution in [2.24, 2.45) is 0 Å². The van der Waals surface area contributed by atoms with Gasteiger partial charge >= 0.3 is 81.7 Å². The molecular formula is Ce2La2Nd2O3Pr2. The summed E-state index contributed by atoms with van der Waals surface area (Å²) < 4.78 is 0. The van der Waals surface area contributed by atoms with Crippen LogP contribution in [0.25, 0.3) is 0 Å². The van der Waals surface area contributed by atoms with Gasteiger partial charge < -0.3 is 16.4 Å². The molecular weight excluding hydrogens is 1180 g/mol. The fourth-order valence-corrected chi connectivity index (χ4v) is 0. The molecule has 0 aromatic rings. The predicted octanol–water partition coefficient (Wildman–Crippen LogP) is -0.356. The van der Waals surface area contributed by atoms with E-state index in [2.05, 4.69) is 0 Å². The molecule has 6 radical (unpaired) electrons. The van der Waals surface area contributed by atoms with Crippen LogP contribution in [0.5, 0.6) is 0 Å². The standard InChI is InChI=1S/2Ce.2La.2Nd.3O.2Pr/q;;;;2*+3;3*-2;;. The summed E-state index contributed by atoms with van der Waals surface area (Å²) in [5, 5.41) is 0. The molecule has 0 saturated heterocycles. The Kier molecular flexibility index (Phi) is 529. The van der Waals surface area contributed by atoms with Crippen LogP contribution >= 0.6 is 0 Å². The maximum Gasteiger partial charge on any atom is 3.00 e. The van der Waals surface area contributed by atoms with Gasteiger partial charge in [-0.15, -0.1) is 0 Å². The van der Waals surface area contributed by atoms with Crippen LogP contribution in [0.3, 0.4) is 0 Å². The molecule has 11 heteroatoms. The second-order valence-corrected chi connectivity index (χ2v) is 0. The molecule has 46 valence electrons. The molecule has 0 bridgehead atoms. The molecule has 11 heavy (non-hydrogen) atoms. The van der Waals surface area contributed by atoms with Crippen LogP contribution in [0.2, 0.25) is 0 Å². The van der Waals surface area contributed by atoms with Crippen molar-refractivity contribution >= 4 is 0 Å². The molecule has 0 N–H and O–H groups in total. The Hall–Kier alpha value is 10.5. The first-order chi connectivity index (χ1) is 0. The normalized spacial score (nSPS) is 0. The van der Waals surface area contributed by atoms with Gasteiger partial charge in [0.2, 0.25) is 0 Å². The second kappa shape index (κ2) is 70.8. The van der Waals surface area contributed by atoms with Crippen molar-refractivity contribution in [3.8, 4) is 0 Å². The van der Waals surface area contributed by atoms with Crippen LogP contribution in [0, 0.1) is 319 Å². The topological polar surface area (TPSA) is 85.5 Å². The van der Waals surface area contributed by atoms with Crippen molar-refractivity contribution in [3.05, 3.63) is 0 Å². The molecule has 0 aromatic carbocycles. The van der Waals surface area contributed by atoms with Crippen molar-refractivity contribution in [2.45, 2.75) is 0 Å². The van der Waals surface area contributed by atoms with E-state index in [0.29, 0.717) is 0 Å². The molecule has 0 aliphatic carbocycles. The molecule has 0 fully saturated rings. The predicted molar refractivity (Wildman–Crippen MR) is 2.06 cm³/mol. The van der Waals surface area contributed by atoms with Crippen molar-refractivity contribution in [1.29, 1.82) is 0 Å². The quantitative estimate of drug-likeness (QED) is 0.318. The van der Waals surface area contributed by atoms with Gasteiger partial charge in [0.15, 0.2) is 0 Å². The van der Waals surface area contributed by atoms with Gasteiger partial charge in [-0.3, -0.25) is 0 Å². The van der Waals surface area contributed by atoms with E-state index in [9.17, 15) is 0 Å². The van der Waals surface area contributed by atoms with Crippen molar-refractivity contribution in [2.75, 3.05) is 0 Å². The van der Waals surface area contributed by atoms with E-state index in [4.69, 9.17) is 0 Å². The molecule has 0 heterocycles. The van der Waals surface area contributed by atoms with E-state index >= 15 is 0 Å². The molecule has 0 aliphatic rings. The summed E-state index contributed by atoms with van der Waals surface area (Å²) in [4.78, 5) is 0. The molecule has 0 aliphatic heterocycles. The fourth-order valence-electron chi connectivity index (χ4n) is 0. The Bertz CT molecular complexity index is 25.3. The van der Waals surface area contributed by atoms with E-state index in [1.54, 1.807) is 0 Å². The molecule has 0 saturated carbocycles. The molecule has 0 rings (SSSR count). The van der Waals surface area contributed by atoms with Crippen LogP contribution in [-0.2, 0) is 16.4 Å². The van der Waals surface area contributed by atoms with Gasteiger partial charge in [-0.05, 0) is 0 Å². The van der Waals surface area contributed by atoms with Crippen molar-refractivity contribution < 1.29 is 335 Å². The smallest absolute Gasteiger partial charge is 2.00 e. The van der Waals surface area contributed by atoms with Gasteiger partial charge in [-0.1, -0.05) is 0 Å². The van der Waals surface area contributed by atoms with Gasteiger partial charge in [0.1, 0.15) is 0 Å². The summed E-state index contributed by atoms with van der Waals surface area (Å²) in [6, 6.07) is 0. The second-order valence-electron chi connectivity index (χ2n) is 0. The fraction of sp³-hybridized carbons (Fsp3) is 0. The molecule has 0 spiro atoms. The van der Waals surface area contributed by atoms with Crippen LogP contribution < -0.4 is 0 Å². The maximum atomic E-state index is 0. The summed E-state index contributed by atoms with van der Waals surface area (Å²) in [5.41, 5.74) is 0. The number of rotatable bonds is 0. The van der Waals surface area contributed by atoms with E-state index in [-0.39, 0.29) is 335 Å². The monoisotopic (exact) mass is 1170 g/mol. The number of hydrogen-bond donors (Lipinski definition) is 0. The van der Waals surface area contributed by atoms with E-state index < -0.39 is 0 Å².